The number of halogens is 3. The molecule has 0 aromatic carbocycles. The van der Waals surface area contributed by atoms with E-state index in [0.717, 1.165) is 0 Å². The lowest BCUT2D eigenvalue weighted by atomic mass is 10.1. The van der Waals surface area contributed by atoms with Gasteiger partial charge in [0.25, 0.3) is 10.1 Å². The minimum absolute atomic E-state index is 0.0899. The average molecular weight is 377 g/mol. The molecule has 0 radical (unpaired) electrons. The van der Waals surface area contributed by atoms with Crippen LogP contribution in [0.4, 0.5) is 18.0 Å². The Morgan fingerprint density at radius 2 is 1.88 bits per heavy atom. The molecule has 0 saturated carbocycles. The second kappa shape index (κ2) is 7.87. The predicted octanol–water partition coefficient (Wildman–Crippen LogP) is 1.97. The fourth-order valence-electron chi connectivity index (χ4n) is 1.95. The van der Waals surface area contributed by atoms with Gasteiger partial charge in [0.2, 0.25) is 0 Å². The Balaban J connectivity index is 2.32. The van der Waals surface area contributed by atoms with Crippen LogP contribution in [0, 0.1) is 0 Å². The highest BCUT2D eigenvalue weighted by atomic mass is 32.2. The van der Waals surface area contributed by atoms with Crippen molar-refractivity contribution >= 4 is 16.2 Å². The van der Waals surface area contributed by atoms with Gasteiger partial charge in [0.05, 0.1) is 25.4 Å². The van der Waals surface area contributed by atoms with Gasteiger partial charge in [-0.05, 0) is 33.6 Å². The molecule has 1 N–H and O–H groups in total. The van der Waals surface area contributed by atoms with E-state index in [-0.39, 0.29) is 12.6 Å². The van der Waals surface area contributed by atoms with E-state index in [2.05, 4.69) is 9.50 Å². The molecule has 1 fully saturated rings. The van der Waals surface area contributed by atoms with Crippen LogP contribution >= 0.6 is 0 Å². The number of ether oxygens (including phenoxy) is 2. The van der Waals surface area contributed by atoms with E-state index >= 15 is 0 Å². The number of alkyl halides is 3. The minimum Gasteiger partial charge on any atom is -0.444 e. The Bertz CT molecular complexity index is 521. The first-order valence-corrected chi connectivity index (χ1v) is 8.88. The number of carbonyl (C=O) groups is 1. The smallest absolute Gasteiger partial charge is 0.407 e. The summed E-state index contributed by atoms with van der Waals surface area (Å²) in [7, 11) is -4.69. The van der Waals surface area contributed by atoms with Gasteiger partial charge in [-0.1, -0.05) is 0 Å². The van der Waals surface area contributed by atoms with E-state index in [1.165, 1.54) is 0 Å². The molecular formula is C13H22F3NO6S. The number of amides is 1. The van der Waals surface area contributed by atoms with Gasteiger partial charge in [-0.2, -0.15) is 21.6 Å². The molecule has 1 unspecified atom stereocenters. The van der Waals surface area contributed by atoms with E-state index in [4.69, 9.17) is 9.47 Å². The molecule has 1 aliphatic heterocycles. The molecule has 1 amide bonds. The predicted molar refractivity (Wildman–Crippen MR) is 77.9 cm³/mol. The van der Waals surface area contributed by atoms with Gasteiger partial charge in [0.1, 0.15) is 5.60 Å². The zero-order chi connectivity index (χ0) is 18.6. The molecule has 2 atom stereocenters. The zero-order valence-corrected chi connectivity index (χ0v) is 14.5. The molecule has 11 heteroatoms. The third kappa shape index (κ3) is 9.28. The number of hydrogen-bond donors (Lipinski definition) is 1. The van der Waals surface area contributed by atoms with Crippen molar-refractivity contribution in [3.05, 3.63) is 0 Å². The third-order valence-corrected chi connectivity index (χ3v) is 4.04. The molecular weight excluding hydrogens is 355 g/mol. The summed E-state index contributed by atoms with van der Waals surface area (Å²) in [6.45, 7) is 4.76. The molecule has 0 aromatic rings. The molecule has 142 valence electrons. The molecule has 0 spiro atoms. The summed E-state index contributed by atoms with van der Waals surface area (Å²) >= 11 is 0. The van der Waals surface area contributed by atoms with Crippen LogP contribution in [-0.2, 0) is 23.8 Å². The Morgan fingerprint density at radius 3 is 2.33 bits per heavy atom. The van der Waals surface area contributed by atoms with E-state index in [0.29, 0.717) is 12.8 Å². The summed E-state index contributed by atoms with van der Waals surface area (Å²) < 4.78 is 73.3. The summed E-state index contributed by atoms with van der Waals surface area (Å²) in [4.78, 5) is 11.6. The molecule has 1 heterocycles. The fraction of sp³-hybridized carbons (Fsp3) is 0.923. The van der Waals surface area contributed by atoms with Crippen LogP contribution in [0.5, 0.6) is 0 Å². The fourth-order valence-corrected chi connectivity index (χ4v) is 2.79. The SMILES string of the molecule is CC(C)(C)OC(=O)N[C@@H]1CCC(COS(=O)(=O)CC(F)(F)F)OC1. The van der Waals surface area contributed by atoms with Gasteiger partial charge >= 0.3 is 12.3 Å². The molecule has 1 rings (SSSR count). The quantitative estimate of drug-likeness (QED) is 0.737. The zero-order valence-electron chi connectivity index (χ0n) is 13.7. The maximum atomic E-state index is 12.1. The monoisotopic (exact) mass is 377 g/mol. The van der Waals surface area contributed by atoms with Crippen LogP contribution in [0.2, 0.25) is 0 Å². The number of nitrogens with one attached hydrogen (secondary N) is 1. The van der Waals surface area contributed by atoms with Gasteiger partial charge in [0, 0.05) is 0 Å². The second-order valence-corrected chi connectivity index (χ2v) is 8.12. The van der Waals surface area contributed by atoms with Crippen LogP contribution in [-0.4, -0.2) is 57.4 Å². The highest BCUT2D eigenvalue weighted by Crippen LogP contribution is 2.20. The van der Waals surface area contributed by atoms with Gasteiger partial charge in [-0.3, -0.25) is 4.18 Å². The molecule has 7 nitrogen and oxygen atoms in total. The van der Waals surface area contributed by atoms with Crippen molar-refractivity contribution in [2.24, 2.45) is 0 Å². The minimum atomic E-state index is -4.85. The van der Waals surface area contributed by atoms with Crippen LogP contribution in [0.15, 0.2) is 0 Å². The highest BCUT2D eigenvalue weighted by Gasteiger charge is 2.36. The van der Waals surface area contributed by atoms with Crippen molar-refractivity contribution in [1.29, 1.82) is 0 Å². The lowest BCUT2D eigenvalue weighted by Crippen LogP contribution is -2.45. The van der Waals surface area contributed by atoms with Gasteiger partial charge in [0.15, 0.2) is 5.75 Å². The van der Waals surface area contributed by atoms with Crippen molar-refractivity contribution in [2.45, 2.75) is 57.5 Å². The highest BCUT2D eigenvalue weighted by molar-refractivity contribution is 7.86. The molecule has 24 heavy (non-hydrogen) atoms. The topological polar surface area (TPSA) is 90.9 Å². The van der Waals surface area contributed by atoms with Gasteiger partial charge in [-0.25, -0.2) is 4.79 Å². The number of alkyl carbamates (subject to hydrolysis) is 1. The van der Waals surface area contributed by atoms with Crippen LogP contribution in [0.3, 0.4) is 0 Å². The third-order valence-electron chi connectivity index (χ3n) is 2.87. The summed E-state index contributed by atoms with van der Waals surface area (Å²) in [5.41, 5.74) is -0.636. The Morgan fingerprint density at radius 1 is 1.25 bits per heavy atom. The summed E-state index contributed by atoms with van der Waals surface area (Å²) in [6.07, 6.45) is -5.30. The van der Waals surface area contributed by atoms with Gasteiger partial charge in [-0.15, -0.1) is 0 Å². The maximum absolute atomic E-state index is 12.1. The first-order chi connectivity index (χ1) is 10.8. The molecule has 0 aliphatic carbocycles. The summed E-state index contributed by atoms with van der Waals surface area (Å²) in [5, 5.41) is 2.61. The van der Waals surface area contributed by atoms with Crippen molar-refractivity contribution in [1.82, 2.24) is 5.32 Å². The largest absolute Gasteiger partial charge is 0.444 e. The van der Waals surface area contributed by atoms with Crippen LogP contribution in [0.25, 0.3) is 0 Å². The standard InChI is InChI=1S/C13H22F3NO6S/c1-12(2,3)23-11(18)17-9-4-5-10(21-6-9)7-22-24(19,20)8-13(14,15)16/h9-10H,4-8H2,1-3H3,(H,17,18)/t9-,10?/m1/s1. The maximum Gasteiger partial charge on any atom is 0.407 e. The first kappa shape index (κ1) is 21.0. The summed E-state index contributed by atoms with van der Waals surface area (Å²) in [6, 6.07) is -0.317. The van der Waals surface area contributed by atoms with Crippen LogP contribution in [0.1, 0.15) is 33.6 Å². The molecule has 0 aromatic heterocycles. The van der Waals surface area contributed by atoms with Crippen molar-refractivity contribution in [3.8, 4) is 0 Å². The van der Waals surface area contributed by atoms with Gasteiger partial charge < -0.3 is 14.8 Å². The van der Waals surface area contributed by atoms with E-state index in [9.17, 15) is 26.4 Å². The number of carbonyl (C=O) groups excluding carboxylic acids is 1. The van der Waals surface area contributed by atoms with Crippen molar-refractivity contribution in [2.75, 3.05) is 19.0 Å². The van der Waals surface area contributed by atoms with Crippen molar-refractivity contribution in [3.63, 3.8) is 0 Å². The second-order valence-electron chi connectivity index (χ2n) is 6.48. The number of hydrogen-bond acceptors (Lipinski definition) is 6. The lowest BCUT2D eigenvalue weighted by Gasteiger charge is -2.30. The molecule has 1 aliphatic rings. The Hall–Kier alpha value is -1.07. The average Bonchev–Trinajstić information content (AvgIpc) is 2.32. The molecule has 1 saturated heterocycles. The Labute approximate surface area is 138 Å². The molecule has 0 bridgehead atoms. The number of rotatable bonds is 5. The van der Waals surface area contributed by atoms with E-state index in [1.807, 2.05) is 0 Å². The first-order valence-electron chi connectivity index (χ1n) is 7.31. The summed E-state index contributed by atoms with van der Waals surface area (Å²) in [5.74, 6) is -2.03. The van der Waals surface area contributed by atoms with E-state index < -0.39 is 46.5 Å². The Kier molecular flexibility index (Phi) is 6.88. The van der Waals surface area contributed by atoms with Crippen molar-refractivity contribution < 1.29 is 40.0 Å². The lowest BCUT2D eigenvalue weighted by molar-refractivity contribution is -0.108. The normalized spacial score (nSPS) is 22.9. The van der Waals surface area contributed by atoms with E-state index in [1.54, 1.807) is 20.8 Å². The van der Waals surface area contributed by atoms with Crippen LogP contribution < -0.4 is 5.32 Å².